The summed E-state index contributed by atoms with van der Waals surface area (Å²) in [6.07, 6.45) is 0. The Balaban J connectivity index is 2.28. The van der Waals surface area contributed by atoms with Crippen molar-refractivity contribution in [1.29, 1.82) is 0 Å². The fraction of sp³-hybridized carbons (Fsp3) is 0.167. The maximum Gasteiger partial charge on any atom is 0.123 e. The van der Waals surface area contributed by atoms with Crippen molar-refractivity contribution >= 4 is 11.3 Å². The number of nitrogens with two attached hydrogens (primary N) is 1. The van der Waals surface area contributed by atoms with Crippen LogP contribution in [-0.2, 0) is 0 Å². The van der Waals surface area contributed by atoms with Crippen molar-refractivity contribution in [2.24, 2.45) is 5.73 Å². The molecular weight excluding hydrogens is 209 g/mol. The van der Waals surface area contributed by atoms with E-state index in [0.29, 0.717) is 6.54 Å². The fourth-order valence-electron chi connectivity index (χ4n) is 2.26. The molecule has 15 heavy (non-hydrogen) atoms. The van der Waals surface area contributed by atoms with Gasteiger partial charge in [-0.05, 0) is 40.3 Å². The lowest BCUT2D eigenvalue weighted by Crippen LogP contribution is -2.10. The van der Waals surface area contributed by atoms with Crippen LogP contribution in [0.2, 0.25) is 0 Å². The quantitative estimate of drug-likeness (QED) is 0.784. The Bertz CT molecular complexity index is 518. The molecule has 0 amide bonds. The number of rotatable bonds is 1. The summed E-state index contributed by atoms with van der Waals surface area (Å²) in [5, 5.41) is 2.07. The van der Waals surface area contributed by atoms with Gasteiger partial charge in [-0.2, -0.15) is 0 Å². The fourth-order valence-corrected chi connectivity index (χ4v) is 3.27. The van der Waals surface area contributed by atoms with Crippen molar-refractivity contribution in [2.75, 3.05) is 6.54 Å². The van der Waals surface area contributed by atoms with E-state index in [1.165, 1.54) is 16.5 Å². The minimum absolute atomic E-state index is 0.178. The Morgan fingerprint density at radius 1 is 1.27 bits per heavy atom. The Morgan fingerprint density at radius 3 is 2.93 bits per heavy atom. The highest BCUT2D eigenvalue weighted by molar-refractivity contribution is 7.13. The van der Waals surface area contributed by atoms with E-state index in [1.54, 1.807) is 17.4 Å². The first-order valence-corrected chi connectivity index (χ1v) is 5.76. The molecule has 0 spiro atoms. The SMILES string of the molecule is NCC1c2cc(F)ccc2-c2sccc21. The normalized spacial score (nSPS) is 17.6. The van der Waals surface area contributed by atoms with Gasteiger partial charge in [0.25, 0.3) is 0 Å². The highest BCUT2D eigenvalue weighted by Crippen LogP contribution is 2.47. The first-order chi connectivity index (χ1) is 7.31. The predicted octanol–water partition coefficient (Wildman–Crippen LogP) is 2.96. The molecule has 3 heteroatoms. The molecule has 1 aromatic carbocycles. The molecule has 0 bridgehead atoms. The number of hydrogen-bond acceptors (Lipinski definition) is 2. The summed E-state index contributed by atoms with van der Waals surface area (Å²) in [4.78, 5) is 1.25. The van der Waals surface area contributed by atoms with Crippen molar-refractivity contribution in [3.8, 4) is 10.4 Å². The molecule has 0 aliphatic heterocycles. The largest absolute Gasteiger partial charge is 0.330 e. The van der Waals surface area contributed by atoms with Crippen molar-refractivity contribution in [3.63, 3.8) is 0 Å². The zero-order chi connectivity index (χ0) is 10.4. The van der Waals surface area contributed by atoms with E-state index in [-0.39, 0.29) is 11.7 Å². The van der Waals surface area contributed by atoms with Gasteiger partial charge in [0, 0.05) is 17.3 Å². The zero-order valence-electron chi connectivity index (χ0n) is 8.03. The topological polar surface area (TPSA) is 26.0 Å². The molecule has 0 fully saturated rings. The second-order valence-corrected chi connectivity index (χ2v) is 4.64. The van der Waals surface area contributed by atoms with Gasteiger partial charge in [0.2, 0.25) is 0 Å². The van der Waals surface area contributed by atoms with E-state index in [1.807, 2.05) is 6.07 Å². The van der Waals surface area contributed by atoms with Crippen LogP contribution in [0.4, 0.5) is 4.39 Å². The molecule has 0 saturated carbocycles. The highest BCUT2D eigenvalue weighted by atomic mass is 32.1. The smallest absolute Gasteiger partial charge is 0.123 e. The Kier molecular flexibility index (Phi) is 1.90. The van der Waals surface area contributed by atoms with E-state index in [2.05, 4.69) is 11.4 Å². The van der Waals surface area contributed by atoms with E-state index in [4.69, 9.17) is 5.73 Å². The van der Waals surface area contributed by atoms with Crippen LogP contribution in [0.25, 0.3) is 10.4 Å². The lowest BCUT2D eigenvalue weighted by Gasteiger charge is -2.08. The average molecular weight is 219 g/mol. The number of fused-ring (bicyclic) bond motifs is 3. The Hall–Kier alpha value is -1.19. The summed E-state index contributed by atoms with van der Waals surface area (Å²) in [6, 6.07) is 7.08. The molecular formula is C12H10FNS. The number of halogens is 1. The van der Waals surface area contributed by atoms with E-state index < -0.39 is 0 Å². The number of thiophene rings is 1. The maximum atomic E-state index is 13.2. The van der Waals surface area contributed by atoms with Crippen LogP contribution in [0, 0.1) is 5.82 Å². The number of benzene rings is 1. The molecule has 1 aliphatic rings. The van der Waals surface area contributed by atoms with Crippen molar-refractivity contribution in [3.05, 3.63) is 46.6 Å². The van der Waals surface area contributed by atoms with Crippen LogP contribution in [0.3, 0.4) is 0 Å². The number of hydrogen-bond donors (Lipinski definition) is 1. The average Bonchev–Trinajstić information content (AvgIpc) is 2.76. The minimum Gasteiger partial charge on any atom is -0.330 e. The van der Waals surface area contributed by atoms with Gasteiger partial charge in [-0.25, -0.2) is 4.39 Å². The summed E-state index contributed by atoms with van der Waals surface area (Å²) in [6.45, 7) is 0.542. The van der Waals surface area contributed by atoms with Crippen LogP contribution in [0.1, 0.15) is 17.0 Å². The molecule has 1 atom stereocenters. The molecule has 2 N–H and O–H groups in total. The summed E-state index contributed by atoms with van der Waals surface area (Å²) in [7, 11) is 0. The predicted molar refractivity (Wildman–Crippen MR) is 60.6 cm³/mol. The first-order valence-electron chi connectivity index (χ1n) is 4.88. The zero-order valence-corrected chi connectivity index (χ0v) is 8.85. The van der Waals surface area contributed by atoms with Gasteiger partial charge in [-0.15, -0.1) is 11.3 Å². The van der Waals surface area contributed by atoms with Gasteiger partial charge in [-0.3, -0.25) is 0 Å². The molecule has 3 rings (SSSR count). The lowest BCUT2D eigenvalue weighted by molar-refractivity contribution is 0.624. The molecule has 1 aliphatic carbocycles. The van der Waals surface area contributed by atoms with Gasteiger partial charge in [0.1, 0.15) is 5.82 Å². The molecule has 1 nitrogen and oxygen atoms in total. The third-order valence-electron chi connectivity index (χ3n) is 2.94. The first kappa shape index (κ1) is 9.07. The summed E-state index contributed by atoms with van der Waals surface area (Å²) in [5.41, 5.74) is 9.20. The second-order valence-electron chi connectivity index (χ2n) is 3.72. The monoisotopic (exact) mass is 219 g/mol. The molecule has 0 saturated heterocycles. The van der Waals surface area contributed by atoms with Crippen LogP contribution in [0.15, 0.2) is 29.6 Å². The third kappa shape index (κ3) is 1.17. The standard InChI is InChI=1S/C12H10FNS/c13-7-1-2-8-10(5-7)11(6-14)9-3-4-15-12(8)9/h1-5,11H,6,14H2. The van der Waals surface area contributed by atoms with E-state index >= 15 is 0 Å². The van der Waals surface area contributed by atoms with E-state index in [0.717, 1.165) is 11.1 Å². The second kappa shape index (κ2) is 3.15. The molecule has 1 heterocycles. The Morgan fingerprint density at radius 2 is 2.13 bits per heavy atom. The molecule has 76 valence electrons. The maximum absolute atomic E-state index is 13.2. The van der Waals surface area contributed by atoms with Gasteiger partial charge in [0.15, 0.2) is 0 Å². The minimum atomic E-state index is -0.178. The summed E-state index contributed by atoms with van der Waals surface area (Å²) >= 11 is 1.70. The van der Waals surface area contributed by atoms with Crippen LogP contribution >= 0.6 is 11.3 Å². The van der Waals surface area contributed by atoms with E-state index in [9.17, 15) is 4.39 Å². The lowest BCUT2D eigenvalue weighted by atomic mass is 9.98. The van der Waals surface area contributed by atoms with Gasteiger partial charge >= 0.3 is 0 Å². The van der Waals surface area contributed by atoms with Crippen molar-refractivity contribution < 1.29 is 4.39 Å². The van der Waals surface area contributed by atoms with Gasteiger partial charge in [-0.1, -0.05) is 6.07 Å². The van der Waals surface area contributed by atoms with Crippen LogP contribution in [0.5, 0.6) is 0 Å². The van der Waals surface area contributed by atoms with Gasteiger partial charge in [0.05, 0.1) is 0 Å². The molecule has 1 aromatic heterocycles. The van der Waals surface area contributed by atoms with Crippen LogP contribution in [-0.4, -0.2) is 6.54 Å². The Labute approximate surface area is 91.4 Å². The summed E-state index contributed by atoms with van der Waals surface area (Å²) < 4.78 is 13.2. The van der Waals surface area contributed by atoms with Crippen molar-refractivity contribution in [2.45, 2.75) is 5.92 Å². The highest BCUT2D eigenvalue weighted by Gasteiger charge is 2.28. The third-order valence-corrected chi connectivity index (χ3v) is 3.90. The van der Waals surface area contributed by atoms with Crippen LogP contribution < -0.4 is 5.73 Å². The summed E-state index contributed by atoms with van der Waals surface area (Å²) in [5.74, 6) is -0.000645. The van der Waals surface area contributed by atoms with Gasteiger partial charge < -0.3 is 5.73 Å². The molecule has 1 unspecified atom stereocenters. The molecule has 2 aromatic rings. The van der Waals surface area contributed by atoms with Crippen molar-refractivity contribution in [1.82, 2.24) is 0 Å². The molecule has 0 radical (unpaired) electrons.